The van der Waals surface area contributed by atoms with E-state index in [0.717, 1.165) is 5.56 Å². The van der Waals surface area contributed by atoms with Crippen molar-refractivity contribution in [3.05, 3.63) is 47.9 Å². The van der Waals surface area contributed by atoms with E-state index in [9.17, 15) is 9.59 Å². The molecule has 2 aromatic carbocycles. The molecule has 1 fully saturated rings. The first kappa shape index (κ1) is 25.0. The highest BCUT2D eigenvalue weighted by Crippen LogP contribution is 2.39. The van der Waals surface area contributed by atoms with Crippen LogP contribution in [-0.4, -0.2) is 61.3 Å². The Kier molecular flexibility index (Phi) is 7.72. The van der Waals surface area contributed by atoms with Crippen molar-refractivity contribution in [1.29, 1.82) is 0 Å². The van der Waals surface area contributed by atoms with Gasteiger partial charge in [-0.25, -0.2) is 0 Å². The van der Waals surface area contributed by atoms with E-state index in [0.29, 0.717) is 72.6 Å². The predicted octanol–water partition coefficient (Wildman–Crippen LogP) is 4.13. The quantitative estimate of drug-likeness (QED) is 0.497. The van der Waals surface area contributed by atoms with Crippen LogP contribution in [0.15, 0.2) is 40.9 Å². The van der Waals surface area contributed by atoms with Crippen molar-refractivity contribution < 1.29 is 28.3 Å². The standard InChI is InChI=1S/C26H30N4O6/c1-5-22(31)27-19-8-6-7-17(13-19)24-28-25(36-29-24)16-9-11-30(12-10-16)26(32)18-14-20(33-2)23(35-4)21(15-18)34-3/h6-8,13-16H,5,9-12H2,1-4H3,(H,27,31). The maximum atomic E-state index is 13.2. The second kappa shape index (κ2) is 11.1. The summed E-state index contributed by atoms with van der Waals surface area (Å²) in [5.41, 5.74) is 1.91. The van der Waals surface area contributed by atoms with Crippen molar-refractivity contribution in [3.8, 4) is 28.6 Å². The lowest BCUT2D eigenvalue weighted by Gasteiger charge is -2.30. The van der Waals surface area contributed by atoms with Crippen LogP contribution in [0.5, 0.6) is 17.2 Å². The van der Waals surface area contributed by atoms with Gasteiger partial charge in [0, 0.05) is 42.2 Å². The summed E-state index contributed by atoms with van der Waals surface area (Å²) in [5.74, 6) is 2.22. The Hall–Kier alpha value is -4.08. The molecule has 1 aromatic heterocycles. The second-order valence-electron chi connectivity index (χ2n) is 8.42. The molecule has 0 bridgehead atoms. The number of nitrogens with zero attached hydrogens (tertiary/aromatic N) is 3. The number of rotatable bonds is 8. The van der Waals surface area contributed by atoms with Crippen LogP contribution in [0.2, 0.25) is 0 Å². The molecule has 10 nitrogen and oxygen atoms in total. The Morgan fingerprint density at radius 3 is 2.36 bits per heavy atom. The summed E-state index contributed by atoms with van der Waals surface area (Å²) in [5, 5.41) is 6.98. The molecule has 10 heteroatoms. The van der Waals surface area contributed by atoms with E-state index in [2.05, 4.69) is 15.5 Å². The molecule has 1 aliphatic rings. The number of benzene rings is 2. The second-order valence-corrected chi connectivity index (χ2v) is 8.42. The highest BCUT2D eigenvalue weighted by Gasteiger charge is 2.29. The van der Waals surface area contributed by atoms with Crippen LogP contribution in [0, 0.1) is 0 Å². The molecule has 2 heterocycles. The van der Waals surface area contributed by atoms with Crippen LogP contribution in [0.3, 0.4) is 0 Å². The molecule has 0 radical (unpaired) electrons. The average Bonchev–Trinajstić information content (AvgIpc) is 3.42. The molecule has 4 rings (SSSR count). The largest absolute Gasteiger partial charge is 0.493 e. The van der Waals surface area contributed by atoms with Gasteiger partial charge in [-0.2, -0.15) is 4.98 Å². The molecule has 36 heavy (non-hydrogen) atoms. The van der Waals surface area contributed by atoms with Crippen LogP contribution in [0.1, 0.15) is 48.4 Å². The van der Waals surface area contributed by atoms with E-state index in [-0.39, 0.29) is 17.7 Å². The third kappa shape index (κ3) is 5.27. The lowest BCUT2D eigenvalue weighted by atomic mass is 9.96. The monoisotopic (exact) mass is 494 g/mol. The summed E-state index contributed by atoms with van der Waals surface area (Å²) in [6, 6.07) is 10.7. The topological polar surface area (TPSA) is 116 Å². The minimum atomic E-state index is -0.107. The fourth-order valence-electron chi connectivity index (χ4n) is 4.22. The van der Waals surface area contributed by atoms with Crippen LogP contribution >= 0.6 is 0 Å². The lowest BCUT2D eigenvalue weighted by Crippen LogP contribution is -2.38. The van der Waals surface area contributed by atoms with Crippen molar-refractivity contribution in [3.63, 3.8) is 0 Å². The van der Waals surface area contributed by atoms with Gasteiger partial charge in [-0.05, 0) is 37.1 Å². The predicted molar refractivity (Wildman–Crippen MR) is 133 cm³/mol. The number of likely N-dealkylation sites (tertiary alicyclic amines) is 1. The molecule has 1 saturated heterocycles. The Balaban J connectivity index is 1.42. The first-order chi connectivity index (χ1) is 17.5. The number of aromatic nitrogens is 2. The van der Waals surface area contributed by atoms with Gasteiger partial charge in [0.1, 0.15) is 0 Å². The van der Waals surface area contributed by atoms with E-state index >= 15 is 0 Å². The van der Waals surface area contributed by atoms with Crippen molar-refractivity contribution in [1.82, 2.24) is 15.0 Å². The number of carbonyl (C=O) groups excluding carboxylic acids is 2. The molecule has 0 unspecified atom stereocenters. The molecular weight excluding hydrogens is 464 g/mol. The molecule has 0 atom stereocenters. The molecule has 0 spiro atoms. The molecule has 190 valence electrons. The third-order valence-electron chi connectivity index (χ3n) is 6.21. The average molecular weight is 495 g/mol. The van der Waals surface area contributed by atoms with Crippen LogP contribution < -0.4 is 19.5 Å². The maximum absolute atomic E-state index is 13.2. The minimum Gasteiger partial charge on any atom is -0.493 e. The normalized spacial score (nSPS) is 13.8. The number of methoxy groups -OCH3 is 3. The Morgan fingerprint density at radius 2 is 1.75 bits per heavy atom. The molecule has 0 aliphatic carbocycles. The van der Waals surface area contributed by atoms with E-state index < -0.39 is 0 Å². The summed E-state index contributed by atoms with van der Waals surface area (Å²) in [4.78, 5) is 31.3. The third-order valence-corrected chi connectivity index (χ3v) is 6.21. The van der Waals surface area contributed by atoms with Gasteiger partial charge in [-0.1, -0.05) is 24.2 Å². The van der Waals surface area contributed by atoms with Gasteiger partial charge >= 0.3 is 0 Å². The van der Waals surface area contributed by atoms with Gasteiger partial charge in [0.15, 0.2) is 11.5 Å². The zero-order chi connectivity index (χ0) is 25.7. The van der Waals surface area contributed by atoms with Gasteiger partial charge in [0.05, 0.1) is 21.3 Å². The van der Waals surface area contributed by atoms with E-state index in [1.54, 1.807) is 24.0 Å². The Labute approximate surface area is 209 Å². The maximum Gasteiger partial charge on any atom is 0.254 e. The summed E-state index contributed by atoms with van der Waals surface area (Å²) in [6.45, 7) is 2.90. The van der Waals surface area contributed by atoms with Crippen LogP contribution in [-0.2, 0) is 4.79 Å². The number of piperidine rings is 1. The smallest absolute Gasteiger partial charge is 0.254 e. The minimum absolute atomic E-state index is 0.0539. The van der Waals surface area contributed by atoms with Gasteiger partial charge < -0.3 is 29.0 Å². The number of hydrogen-bond acceptors (Lipinski definition) is 8. The number of ether oxygens (including phenoxy) is 3. The Bertz CT molecular complexity index is 1210. The number of carbonyl (C=O) groups is 2. The molecule has 1 aliphatic heterocycles. The Morgan fingerprint density at radius 1 is 1.06 bits per heavy atom. The zero-order valence-electron chi connectivity index (χ0n) is 20.9. The van der Waals surface area contributed by atoms with Crippen molar-refractivity contribution in [2.45, 2.75) is 32.1 Å². The highest BCUT2D eigenvalue weighted by atomic mass is 16.5. The van der Waals surface area contributed by atoms with E-state index in [4.69, 9.17) is 18.7 Å². The summed E-state index contributed by atoms with van der Waals surface area (Å²) in [7, 11) is 4.57. The molecule has 3 aromatic rings. The summed E-state index contributed by atoms with van der Waals surface area (Å²) >= 11 is 0. The number of anilines is 1. The molecule has 2 amide bonds. The van der Waals surface area contributed by atoms with Crippen LogP contribution in [0.4, 0.5) is 5.69 Å². The number of amides is 2. The van der Waals surface area contributed by atoms with Gasteiger partial charge in [0.2, 0.25) is 23.4 Å². The first-order valence-electron chi connectivity index (χ1n) is 11.8. The zero-order valence-corrected chi connectivity index (χ0v) is 20.9. The van der Waals surface area contributed by atoms with E-state index in [1.165, 1.54) is 21.3 Å². The summed E-state index contributed by atoms with van der Waals surface area (Å²) < 4.78 is 21.7. The van der Waals surface area contributed by atoms with Gasteiger partial charge in [0.25, 0.3) is 5.91 Å². The SMILES string of the molecule is CCC(=O)Nc1cccc(-c2noc(C3CCN(C(=O)c4cc(OC)c(OC)c(OC)c4)CC3)n2)c1. The van der Waals surface area contributed by atoms with Crippen molar-refractivity contribution in [2.75, 3.05) is 39.7 Å². The first-order valence-corrected chi connectivity index (χ1v) is 11.8. The number of nitrogens with one attached hydrogen (secondary N) is 1. The van der Waals surface area contributed by atoms with Gasteiger partial charge in [-0.3, -0.25) is 9.59 Å². The lowest BCUT2D eigenvalue weighted by molar-refractivity contribution is -0.115. The molecule has 1 N–H and O–H groups in total. The summed E-state index contributed by atoms with van der Waals surface area (Å²) in [6.07, 6.45) is 1.80. The van der Waals surface area contributed by atoms with Gasteiger partial charge in [-0.15, -0.1) is 0 Å². The molecule has 0 saturated carbocycles. The van der Waals surface area contributed by atoms with Crippen molar-refractivity contribution >= 4 is 17.5 Å². The fraction of sp³-hybridized carbons (Fsp3) is 0.385. The van der Waals surface area contributed by atoms with Crippen molar-refractivity contribution in [2.24, 2.45) is 0 Å². The highest BCUT2D eigenvalue weighted by molar-refractivity contribution is 5.95. The fourth-order valence-corrected chi connectivity index (χ4v) is 4.22. The van der Waals surface area contributed by atoms with Crippen LogP contribution in [0.25, 0.3) is 11.4 Å². The number of hydrogen-bond donors (Lipinski definition) is 1. The van der Waals surface area contributed by atoms with E-state index in [1.807, 2.05) is 24.3 Å². The molecular formula is C26H30N4O6.